The minimum Gasteiger partial charge on any atom is -0.465 e. The molecule has 0 radical (unpaired) electrons. The highest BCUT2D eigenvalue weighted by Crippen LogP contribution is 2.18. The number of methoxy groups -OCH3 is 1. The van der Waals surface area contributed by atoms with Crippen molar-refractivity contribution >= 4 is 39.2 Å². The van der Waals surface area contributed by atoms with Crippen LogP contribution in [-0.2, 0) is 9.53 Å². The van der Waals surface area contributed by atoms with E-state index in [1.165, 1.54) is 13.3 Å². The van der Waals surface area contributed by atoms with Crippen molar-refractivity contribution in [2.45, 2.75) is 0 Å². The van der Waals surface area contributed by atoms with Gasteiger partial charge in [0.1, 0.15) is 5.03 Å². The Morgan fingerprint density at radius 1 is 1.44 bits per heavy atom. The number of esters is 1. The molecule has 0 fully saturated rings. The first kappa shape index (κ1) is 13.1. The van der Waals surface area contributed by atoms with Crippen molar-refractivity contribution in [3.8, 4) is 0 Å². The van der Waals surface area contributed by atoms with Crippen LogP contribution in [0.25, 0.3) is 0 Å². The monoisotopic (exact) mass is 303 g/mol. The van der Waals surface area contributed by atoms with Gasteiger partial charge in [0.25, 0.3) is 0 Å². The minimum atomic E-state index is -0.550. The van der Waals surface area contributed by atoms with E-state index in [0.717, 1.165) is 10.2 Å². The molecule has 0 unspecified atom stereocenters. The maximum Gasteiger partial charge on any atom is 0.350 e. The molecule has 0 aliphatic heterocycles. The first-order chi connectivity index (χ1) is 7.54. The summed E-state index contributed by atoms with van der Waals surface area (Å²) in [4.78, 5) is 12.8. The number of ether oxygens (including phenoxy) is 1. The SMILES string of the molecule is COC(=O)/C(Cl)=C/N(C)c1ccc(Br)cc1. The predicted molar refractivity (Wildman–Crippen MR) is 68.5 cm³/mol. The molecule has 1 aromatic carbocycles. The van der Waals surface area contributed by atoms with Gasteiger partial charge in [-0.2, -0.15) is 0 Å². The average Bonchev–Trinajstić information content (AvgIpc) is 2.28. The molecule has 16 heavy (non-hydrogen) atoms. The summed E-state index contributed by atoms with van der Waals surface area (Å²) in [5.74, 6) is -0.550. The standard InChI is InChI=1S/C11H11BrClNO2/c1-14(7-10(13)11(15)16-2)9-5-3-8(12)4-6-9/h3-7H,1-2H3/b10-7-. The van der Waals surface area contributed by atoms with Crippen LogP contribution in [0.1, 0.15) is 0 Å². The molecule has 3 nitrogen and oxygen atoms in total. The van der Waals surface area contributed by atoms with E-state index in [-0.39, 0.29) is 5.03 Å². The maximum absolute atomic E-state index is 11.1. The van der Waals surface area contributed by atoms with Gasteiger partial charge in [0.2, 0.25) is 0 Å². The highest BCUT2D eigenvalue weighted by atomic mass is 79.9. The van der Waals surface area contributed by atoms with Crippen LogP contribution in [0.2, 0.25) is 0 Å². The quantitative estimate of drug-likeness (QED) is 0.635. The summed E-state index contributed by atoms with van der Waals surface area (Å²) < 4.78 is 5.49. The highest BCUT2D eigenvalue weighted by molar-refractivity contribution is 9.10. The van der Waals surface area contributed by atoms with Crippen molar-refractivity contribution in [2.75, 3.05) is 19.1 Å². The first-order valence-corrected chi connectivity index (χ1v) is 5.65. The number of carbonyl (C=O) groups excluding carboxylic acids is 1. The molecule has 1 aromatic rings. The Balaban J connectivity index is 2.82. The second kappa shape index (κ2) is 5.92. The minimum absolute atomic E-state index is 0.0351. The Bertz CT molecular complexity index is 403. The van der Waals surface area contributed by atoms with Gasteiger partial charge in [0.15, 0.2) is 0 Å². The summed E-state index contributed by atoms with van der Waals surface area (Å²) in [6.45, 7) is 0. The van der Waals surface area contributed by atoms with E-state index in [9.17, 15) is 4.79 Å². The summed E-state index contributed by atoms with van der Waals surface area (Å²) in [6.07, 6.45) is 1.51. The molecule has 1 rings (SSSR count). The molecule has 86 valence electrons. The third-order valence-electron chi connectivity index (χ3n) is 1.92. The lowest BCUT2D eigenvalue weighted by Crippen LogP contribution is -2.11. The van der Waals surface area contributed by atoms with Gasteiger partial charge in [-0.3, -0.25) is 0 Å². The zero-order valence-electron chi connectivity index (χ0n) is 8.91. The summed E-state index contributed by atoms with van der Waals surface area (Å²) in [5.41, 5.74) is 0.922. The Kier molecular flexibility index (Phi) is 4.83. The van der Waals surface area contributed by atoms with Crippen molar-refractivity contribution in [2.24, 2.45) is 0 Å². The Morgan fingerprint density at radius 2 is 2.00 bits per heavy atom. The van der Waals surface area contributed by atoms with Crippen LogP contribution in [-0.4, -0.2) is 20.1 Å². The van der Waals surface area contributed by atoms with Crippen LogP contribution in [0.5, 0.6) is 0 Å². The van der Waals surface area contributed by atoms with Gasteiger partial charge in [-0.25, -0.2) is 4.79 Å². The van der Waals surface area contributed by atoms with Crippen LogP contribution in [0.3, 0.4) is 0 Å². The number of benzene rings is 1. The largest absolute Gasteiger partial charge is 0.465 e. The molecule has 0 bridgehead atoms. The van der Waals surface area contributed by atoms with Gasteiger partial charge >= 0.3 is 5.97 Å². The van der Waals surface area contributed by atoms with Crippen molar-refractivity contribution in [1.82, 2.24) is 0 Å². The molecule has 0 amide bonds. The molecule has 0 N–H and O–H groups in total. The van der Waals surface area contributed by atoms with Gasteiger partial charge in [-0.1, -0.05) is 27.5 Å². The number of carbonyl (C=O) groups is 1. The lowest BCUT2D eigenvalue weighted by Gasteiger charge is -2.14. The van der Waals surface area contributed by atoms with Gasteiger partial charge in [0.05, 0.1) is 7.11 Å². The van der Waals surface area contributed by atoms with Crippen LogP contribution >= 0.6 is 27.5 Å². The molecule has 0 aliphatic rings. The Hall–Kier alpha value is -1.000. The first-order valence-electron chi connectivity index (χ1n) is 4.48. The van der Waals surface area contributed by atoms with Gasteiger partial charge in [0, 0.05) is 23.4 Å². The van der Waals surface area contributed by atoms with Crippen LogP contribution in [0.4, 0.5) is 5.69 Å². The van der Waals surface area contributed by atoms with E-state index < -0.39 is 5.97 Å². The van der Waals surface area contributed by atoms with Crippen LogP contribution in [0.15, 0.2) is 40.0 Å². The van der Waals surface area contributed by atoms with Gasteiger partial charge in [-0.15, -0.1) is 0 Å². The molecule has 0 spiro atoms. The Morgan fingerprint density at radius 3 is 2.50 bits per heavy atom. The predicted octanol–water partition coefficient (Wildman–Crippen LogP) is 3.14. The van der Waals surface area contributed by atoms with Crippen LogP contribution < -0.4 is 4.90 Å². The second-order valence-electron chi connectivity index (χ2n) is 3.06. The molecule has 0 saturated heterocycles. The van der Waals surface area contributed by atoms with Crippen molar-refractivity contribution in [1.29, 1.82) is 0 Å². The van der Waals surface area contributed by atoms with E-state index in [0.29, 0.717) is 0 Å². The molecule has 0 heterocycles. The maximum atomic E-state index is 11.1. The van der Waals surface area contributed by atoms with Gasteiger partial charge in [-0.05, 0) is 24.3 Å². The third-order valence-corrected chi connectivity index (χ3v) is 2.70. The van der Waals surface area contributed by atoms with E-state index in [1.807, 2.05) is 24.3 Å². The fraction of sp³-hybridized carbons (Fsp3) is 0.182. The molecular weight excluding hydrogens is 293 g/mol. The van der Waals surface area contributed by atoms with E-state index in [4.69, 9.17) is 11.6 Å². The highest BCUT2D eigenvalue weighted by Gasteiger charge is 2.07. The molecule has 5 heteroatoms. The second-order valence-corrected chi connectivity index (χ2v) is 4.38. The van der Waals surface area contributed by atoms with Crippen molar-refractivity contribution in [3.63, 3.8) is 0 Å². The molecule has 0 aliphatic carbocycles. The number of hydrogen-bond acceptors (Lipinski definition) is 3. The fourth-order valence-electron chi connectivity index (χ4n) is 1.07. The lowest BCUT2D eigenvalue weighted by atomic mass is 10.3. The smallest absolute Gasteiger partial charge is 0.350 e. The Labute approximate surface area is 108 Å². The van der Waals surface area contributed by atoms with E-state index >= 15 is 0 Å². The number of anilines is 1. The zero-order chi connectivity index (χ0) is 12.1. The topological polar surface area (TPSA) is 29.5 Å². The van der Waals surface area contributed by atoms with Gasteiger partial charge < -0.3 is 9.64 Å². The van der Waals surface area contributed by atoms with E-state index in [1.54, 1.807) is 11.9 Å². The molecule has 0 atom stereocenters. The van der Waals surface area contributed by atoms with Crippen molar-refractivity contribution < 1.29 is 9.53 Å². The third kappa shape index (κ3) is 3.54. The number of hydrogen-bond donors (Lipinski definition) is 0. The molecular formula is C11H11BrClNO2. The van der Waals surface area contributed by atoms with Crippen LogP contribution in [0, 0.1) is 0 Å². The van der Waals surface area contributed by atoms with Crippen molar-refractivity contribution in [3.05, 3.63) is 40.0 Å². The summed E-state index contributed by atoms with van der Waals surface area (Å²) >= 11 is 9.09. The zero-order valence-corrected chi connectivity index (χ0v) is 11.2. The normalized spacial score (nSPS) is 11.1. The number of nitrogens with zero attached hydrogens (tertiary/aromatic N) is 1. The summed E-state index contributed by atoms with van der Waals surface area (Å²) in [5, 5.41) is 0.0351. The summed E-state index contributed by atoms with van der Waals surface area (Å²) in [6, 6.07) is 7.63. The lowest BCUT2D eigenvalue weighted by molar-refractivity contribution is -0.135. The summed E-state index contributed by atoms with van der Waals surface area (Å²) in [7, 11) is 3.09. The average molecular weight is 305 g/mol. The molecule has 0 saturated carbocycles. The fourth-order valence-corrected chi connectivity index (χ4v) is 1.56. The van der Waals surface area contributed by atoms with E-state index in [2.05, 4.69) is 20.7 Å². The number of rotatable bonds is 3. The molecule has 0 aromatic heterocycles. The number of halogens is 2.